The average molecular weight is 241 g/mol. The van der Waals surface area contributed by atoms with E-state index in [-0.39, 0.29) is 0 Å². The molecule has 0 aromatic carbocycles. The van der Waals surface area contributed by atoms with Gasteiger partial charge in [-0.3, -0.25) is 0 Å². The zero-order valence-electron chi connectivity index (χ0n) is 9.49. The summed E-state index contributed by atoms with van der Waals surface area (Å²) < 4.78 is 0. The van der Waals surface area contributed by atoms with E-state index in [2.05, 4.69) is 21.8 Å². The zero-order valence-corrected chi connectivity index (χ0v) is 10.2. The lowest BCUT2D eigenvalue weighted by Gasteiger charge is -2.28. The van der Waals surface area contributed by atoms with Gasteiger partial charge in [-0.1, -0.05) is 24.4 Å². The number of anilines is 2. The monoisotopic (exact) mass is 240 g/mol. The van der Waals surface area contributed by atoms with Crippen molar-refractivity contribution in [1.82, 2.24) is 9.97 Å². The van der Waals surface area contributed by atoms with Crippen molar-refractivity contribution in [3.63, 3.8) is 0 Å². The van der Waals surface area contributed by atoms with E-state index < -0.39 is 0 Å². The minimum atomic E-state index is 0.364. The van der Waals surface area contributed by atoms with Gasteiger partial charge in [0.2, 0.25) is 0 Å². The van der Waals surface area contributed by atoms with Crippen molar-refractivity contribution in [2.24, 2.45) is 0 Å². The summed E-state index contributed by atoms with van der Waals surface area (Å²) in [6.45, 7) is 3.21. The number of nitrogen functional groups attached to an aromatic ring is 1. The molecule has 1 aromatic heterocycles. The Morgan fingerprint density at radius 3 is 3.00 bits per heavy atom. The van der Waals surface area contributed by atoms with Crippen molar-refractivity contribution < 1.29 is 0 Å². The lowest BCUT2D eigenvalue weighted by Crippen LogP contribution is -2.33. The predicted molar refractivity (Wildman–Crippen MR) is 66.7 cm³/mol. The molecule has 0 spiro atoms. The third-order valence-corrected chi connectivity index (χ3v) is 3.49. The Balaban J connectivity index is 2.30. The Bertz CT molecular complexity index is 369. The van der Waals surface area contributed by atoms with Gasteiger partial charge in [0.15, 0.2) is 5.82 Å². The number of halogens is 1. The fraction of sp³-hybridized carbons (Fsp3) is 0.636. The topological polar surface area (TPSA) is 55.0 Å². The van der Waals surface area contributed by atoms with Crippen molar-refractivity contribution in [2.75, 3.05) is 17.2 Å². The first-order valence-electron chi connectivity index (χ1n) is 5.72. The first-order chi connectivity index (χ1) is 7.70. The van der Waals surface area contributed by atoms with Gasteiger partial charge in [-0.15, -0.1) is 0 Å². The highest BCUT2D eigenvalue weighted by atomic mass is 35.5. The van der Waals surface area contributed by atoms with Crippen LogP contribution in [-0.4, -0.2) is 22.6 Å². The summed E-state index contributed by atoms with van der Waals surface area (Å²) in [7, 11) is 0. The first kappa shape index (κ1) is 11.5. The summed E-state index contributed by atoms with van der Waals surface area (Å²) in [6.07, 6.45) is 6.40. The Morgan fingerprint density at radius 1 is 1.38 bits per heavy atom. The predicted octanol–water partition coefficient (Wildman–Crippen LogP) is 2.48. The molecule has 1 aliphatic heterocycles. The average Bonchev–Trinajstić information content (AvgIpc) is 2.47. The number of hydrogen-bond acceptors (Lipinski definition) is 4. The van der Waals surface area contributed by atoms with Crippen LogP contribution in [-0.2, 0) is 0 Å². The van der Waals surface area contributed by atoms with E-state index in [1.807, 2.05) is 0 Å². The molecule has 1 aliphatic rings. The van der Waals surface area contributed by atoms with Gasteiger partial charge in [-0.2, -0.15) is 0 Å². The van der Waals surface area contributed by atoms with Crippen LogP contribution in [0, 0.1) is 0 Å². The maximum absolute atomic E-state index is 6.15. The standard InChI is InChI=1S/C11H17ClN4/c1-8-5-3-2-4-6-16(8)11-9(12)10(13)14-7-15-11/h7-8H,2-6H2,1H3,(H2,13,14,15). The van der Waals surface area contributed by atoms with Crippen molar-refractivity contribution >= 4 is 23.2 Å². The SMILES string of the molecule is CC1CCCCCN1c1ncnc(N)c1Cl. The second kappa shape index (κ2) is 4.87. The highest BCUT2D eigenvalue weighted by Crippen LogP contribution is 2.30. The molecule has 0 saturated carbocycles. The van der Waals surface area contributed by atoms with E-state index in [1.54, 1.807) is 0 Å². The first-order valence-corrected chi connectivity index (χ1v) is 6.10. The van der Waals surface area contributed by atoms with Crippen molar-refractivity contribution in [1.29, 1.82) is 0 Å². The van der Waals surface area contributed by atoms with Crippen LogP contribution in [0.3, 0.4) is 0 Å². The second-order valence-corrected chi connectivity index (χ2v) is 4.67. The maximum atomic E-state index is 6.15. The summed E-state index contributed by atoms with van der Waals surface area (Å²) in [5, 5.41) is 0.483. The summed E-state index contributed by atoms with van der Waals surface area (Å²) in [6, 6.07) is 0.467. The number of rotatable bonds is 1. The van der Waals surface area contributed by atoms with Gasteiger partial charge in [0.05, 0.1) is 0 Å². The molecule has 0 aliphatic carbocycles. The van der Waals surface area contributed by atoms with Gasteiger partial charge in [0.25, 0.3) is 0 Å². The summed E-state index contributed by atoms with van der Waals surface area (Å²) in [5.74, 6) is 1.15. The lowest BCUT2D eigenvalue weighted by molar-refractivity contribution is 0.611. The molecule has 1 saturated heterocycles. The van der Waals surface area contributed by atoms with E-state index in [0.717, 1.165) is 12.4 Å². The van der Waals surface area contributed by atoms with Crippen LogP contribution in [0.15, 0.2) is 6.33 Å². The Kier molecular flexibility index (Phi) is 3.49. The van der Waals surface area contributed by atoms with Gasteiger partial charge < -0.3 is 10.6 Å². The van der Waals surface area contributed by atoms with Gasteiger partial charge in [0.1, 0.15) is 17.2 Å². The number of hydrogen-bond donors (Lipinski definition) is 1. The van der Waals surface area contributed by atoms with Gasteiger partial charge in [-0.05, 0) is 19.8 Å². The zero-order chi connectivity index (χ0) is 11.5. The van der Waals surface area contributed by atoms with Gasteiger partial charge in [-0.25, -0.2) is 9.97 Å². The molecule has 1 fully saturated rings. The Labute approximate surface area is 101 Å². The molecule has 2 rings (SSSR count). The number of nitrogens with two attached hydrogens (primary N) is 1. The van der Waals surface area contributed by atoms with Gasteiger partial charge in [0, 0.05) is 12.6 Å². The molecule has 2 heterocycles. The van der Waals surface area contributed by atoms with Crippen LogP contribution < -0.4 is 10.6 Å². The molecule has 0 radical (unpaired) electrons. The fourth-order valence-corrected chi connectivity index (χ4v) is 2.37. The van der Waals surface area contributed by atoms with Crippen molar-refractivity contribution in [3.05, 3.63) is 11.3 Å². The second-order valence-electron chi connectivity index (χ2n) is 4.29. The molecule has 4 nitrogen and oxygen atoms in total. The van der Waals surface area contributed by atoms with Crippen LogP contribution in [0.1, 0.15) is 32.6 Å². The number of aromatic nitrogens is 2. The van der Waals surface area contributed by atoms with E-state index in [0.29, 0.717) is 16.9 Å². The molecule has 1 atom stereocenters. The van der Waals surface area contributed by atoms with Crippen LogP contribution >= 0.6 is 11.6 Å². The van der Waals surface area contributed by atoms with Crippen LogP contribution in [0.2, 0.25) is 5.02 Å². The Morgan fingerprint density at radius 2 is 2.19 bits per heavy atom. The van der Waals surface area contributed by atoms with Crippen molar-refractivity contribution in [2.45, 2.75) is 38.6 Å². The molecule has 88 valence electrons. The summed E-state index contributed by atoms with van der Waals surface area (Å²) >= 11 is 6.15. The molecule has 2 N–H and O–H groups in total. The highest BCUT2D eigenvalue weighted by molar-refractivity contribution is 6.35. The number of nitrogens with zero attached hydrogens (tertiary/aromatic N) is 3. The molecule has 1 unspecified atom stereocenters. The van der Waals surface area contributed by atoms with Crippen LogP contribution in [0.25, 0.3) is 0 Å². The Hall–Kier alpha value is -1.03. The van der Waals surface area contributed by atoms with Crippen LogP contribution in [0.4, 0.5) is 11.6 Å². The van der Waals surface area contributed by atoms with E-state index in [1.165, 1.54) is 32.0 Å². The van der Waals surface area contributed by atoms with E-state index >= 15 is 0 Å². The summed E-state index contributed by atoms with van der Waals surface area (Å²) in [4.78, 5) is 10.4. The third kappa shape index (κ3) is 2.21. The van der Waals surface area contributed by atoms with E-state index in [4.69, 9.17) is 17.3 Å². The molecule has 0 bridgehead atoms. The van der Waals surface area contributed by atoms with Crippen LogP contribution in [0.5, 0.6) is 0 Å². The lowest BCUT2D eigenvalue weighted by atomic mass is 10.1. The van der Waals surface area contributed by atoms with E-state index in [9.17, 15) is 0 Å². The molecule has 0 amide bonds. The molecular weight excluding hydrogens is 224 g/mol. The minimum Gasteiger partial charge on any atom is -0.382 e. The molecule has 1 aromatic rings. The molecular formula is C11H17ClN4. The molecule has 5 heteroatoms. The fourth-order valence-electron chi connectivity index (χ4n) is 2.16. The normalized spacial score (nSPS) is 21.9. The smallest absolute Gasteiger partial charge is 0.153 e. The minimum absolute atomic E-state index is 0.364. The quantitative estimate of drug-likeness (QED) is 0.820. The highest BCUT2D eigenvalue weighted by Gasteiger charge is 2.21. The summed E-state index contributed by atoms with van der Waals surface area (Å²) in [5.41, 5.74) is 5.70. The molecule has 16 heavy (non-hydrogen) atoms. The third-order valence-electron chi connectivity index (χ3n) is 3.12. The maximum Gasteiger partial charge on any atom is 0.153 e. The van der Waals surface area contributed by atoms with Crippen molar-refractivity contribution in [3.8, 4) is 0 Å². The van der Waals surface area contributed by atoms with Gasteiger partial charge >= 0.3 is 0 Å². The largest absolute Gasteiger partial charge is 0.382 e.